The first-order valence-corrected chi connectivity index (χ1v) is 8.76. The largest absolute Gasteiger partial charge is 0.379 e. The molecule has 3 heterocycles. The first kappa shape index (κ1) is 17.4. The van der Waals surface area contributed by atoms with Gasteiger partial charge in [0.25, 0.3) is 11.5 Å². The highest BCUT2D eigenvalue weighted by Crippen LogP contribution is 2.18. The summed E-state index contributed by atoms with van der Waals surface area (Å²) in [6.45, 7) is 1.19. The second-order valence-electron chi connectivity index (χ2n) is 6.63. The van der Waals surface area contributed by atoms with E-state index in [2.05, 4.69) is 10.3 Å². The van der Waals surface area contributed by atoms with Crippen molar-refractivity contribution in [3.8, 4) is 11.3 Å². The number of halogens is 1. The van der Waals surface area contributed by atoms with Crippen LogP contribution in [-0.2, 0) is 11.8 Å². The van der Waals surface area contributed by atoms with Crippen molar-refractivity contribution in [1.29, 1.82) is 0 Å². The third kappa shape index (κ3) is 3.35. The van der Waals surface area contributed by atoms with Crippen LogP contribution >= 0.6 is 0 Å². The molecule has 3 aromatic rings. The van der Waals surface area contributed by atoms with Gasteiger partial charge in [-0.15, -0.1) is 0 Å². The van der Waals surface area contributed by atoms with Gasteiger partial charge in [-0.2, -0.15) is 0 Å². The van der Waals surface area contributed by atoms with E-state index in [1.165, 1.54) is 27.3 Å². The number of rotatable bonds is 3. The Hall–Kier alpha value is -3.00. The van der Waals surface area contributed by atoms with Crippen LogP contribution in [-0.4, -0.2) is 39.1 Å². The van der Waals surface area contributed by atoms with Crippen molar-refractivity contribution < 1.29 is 13.9 Å². The number of hydrogen-bond donors (Lipinski definition) is 1. The maximum atomic E-state index is 13.2. The van der Waals surface area contributed by atoms with E-state index in [1.807, 2.05) is 0 Å². The van der Waals surface area contributed by atoms with Crippen LogP contribution in [0.25, 0.3) is 16.9 Å². The summed E-state index contributed by atoms with van der Waals surface area (Å²) in [7, 11) is 1.62. The molecule has 0 spiro atoms. The van der Waals surface area contributed by atoms with Crippen LogP contribution in [0.4, 0.5) is 4.39 Å². The fourth-order valence-corrected chi connectivity index (χ4v) is 3.24. The Labute approximate surface area is 154 Å². The maximum Gasteiger partial charge on any atom is 0.294 e. The predicted octanol–water partition coefficient (Wildman–Crippen LogP) is 1.75. The zero-order valence-corrected chi connectivity index (χ0v) is 14.8. The van der Waals surface area contributed by atoms with Crippen molar-refractivity contribution in [2.24, 2.45) is 7.05 Å². The Morgan fingerprint density at radius 2 is 2.07 bits per heavy atom. The quantitative estimate of drug-likeness (QED) is 0.762. The van der Waals surface area contributed by atoms with Crippen LogP contribution in [0.2, 0.25) is 0 Å². The summed E-state index contributed by atoms with van der Waals surface area (Å²) in [5, 5.41) is 2.89. The van der Waals surface area contributed by atoms with Gasteiger partial charge in [0.2, 0.25) is 5.65 Å². The standard InChI is InChI=1S/C19H19FN4O3/c1-23-16(12-4-6-13(20)7-5-12)10-24-9-15(22-17(24)19(23)26)18(25)21-14-3-2-8-27-11-14/h4-7,9-10,14H,2-3,8,11H2,1H3,(H,21,25)/t14-/m1/s1. The number of ether oxygens (including phenoxy) is 1. The van der Waals surface area contributed by atoms with Gasteiger partial charge in [-0.05, 0) is 42.7 Å². The molecule has 1 fully saturated rings. The minimum absolute atomic E-state index is 0.0475. The van der Waals surface area contributed by atoms with E-state index in [0.717, 1.165) is 12.8 Å². The van der Waals surface area contributed by atoms with Gasteiger partial charge in [0, 0.05) is 26.0 Å². The third-order valence-electron chi connectivity index (χ3n) is 4.72. The highest BCUT2D eigenvalue weighted by Gasteiger charge is 2.20. The Kier molecular flexibility index (Phi) is 4.49. The normalized spacial score (nSPS) is 17.2. The topological polar surface area (TPSA) is 77.6 Å². The molecule has 4 rings (SSSR count). The summed E-state index contributed by atoms with van der Waals surface area (Å²) < 4.78 is 21.5. The van der Waals surface area contributed by atoms with E-state index < -0.39 is 0 Å². The van der Waals surface area contributed by atoms with Crippen molar-refractivity contribution in [1.82, 2.24) is 19.3 Å². The van der Waals surface area contributed by atoms with Gasteiger partial charge in [-0.3, -0.25) is 14.0 Å². The summed E-state index contributed by atoms with van der Waals surface area (Å²) in [6, 6.07) is 5.83. The van der Waals surface area contributed by atoms with Gasteiger partial charge in [0.15, 0.2) is 0 Å². The molecule has 1 amide bonds. The van der Waals surface area contributed by atoms with E-state index in [1.54, 1.807) is 25.4 Å². The zero-order valence-electron chi connectivity index (χ0n) is 14.8. The van der Waals surface area contributed by atoms with Crippen LogP contribution in [0.5, 0.6) is 0 Å². The first-order chi connectivity index (χ1) is 13.0. The smallest absolute Gasteiger partial charge is 0.294 e. The molecule has 1 N–H and O–H groups in total. The Balaban J connectivity index is 1.69. The second kappa shape index (κ2) is 6.96. The molecule has 1 atom stereocenters. The van der Waals surface area contributed by atoms with Gasteiger partial charge in [0.05, 0.1) is 18.3 Å². The van der Waals surface area contributed by atoms with Gasteiger partial charge in [-0.1, -0.05) is 0 Å². The predicted molar refractivity (Wildman–Crippen MR) is 97.1 cm³/mol. The van der Waals surface area contributed by atoms with Crippen LogP contribution in [0.15, 0.2) is 41.5 Å². The SMILES string of the molecule is Cn1c(-c2ccc(F)cc2)cn2cc(C(=O)N[C@@H]3CCCOC3)nc2c1=O. The van der Waals surface area contributed by atoms with Gasteiger partial charge < -0.3 is 14.6 Å². The summed E-state index contributed by atoms with van der Waals surface area (Å²) >= 11 is 0. The molecule has 0 unspecified atom stereocenters. The summed E-state index contributed by atoms with van der Waals surface area (Å²) in [4.78, 5) is 29.4. The summed E-state index contributed by atoms with van der Waals surface area (Å²) in [6.07, 6.45) is 4.99. The monoisotopic (exact) mass is 370 g/mol. The van der Waals surface area contributed by atoms with Crippen molar-refractivity contribution in [2.75, 3.05) is 13.2 Å². The number of fused-ring (bicyclic) bond motifs is 1. The zero-order chi connectivity index (χ0) is 19.0. The van der Waals surface area contributed by atoms with Crippen molar-refractivity contribution in [3.05, 3.63) is 58.5 Å². The number of imidazole rings is 1. The minimum Gasteiger partial charge on any atom is -0.379 e. The van der Waals surface area contributed by atoms with E-state index in [4.69, 9.17) is 4.74 Å². The van der Waals surface area contributed by atoms with Crippen molar-refractivity contribution >= 4 is 11.6 Å². The lowest BCUT2D eigenvalue weighted by molar-refractivity contribution is 0.0622. The molecule has 1 aliphatic rings. The molecule has 7 nitrogen and oxygen atoms in total. The minimum atomic E-state index is -0.349. The Bertz CT molecular complexity index is 1050. The molecular weight excluding hydrogens is 351 g/mol. The van der Waals surface area contributed by atoms with Gasteiger partial charge in [0.1, 0.15) is 11.5 Å². The lowest BCUT2D eigenvalue weighted by Gasteiger charge is -2.22. The molecule has 1 saturated heterocycles. The fourth-order valence-electron chi connectivity index (χ4n) is 3.24. The first-order valence-electron chi connectivity index (χ1n) is 8.76. The molecule has 140 valence electrons. The molecule has 0 bridgehead atoms. The molecule has 2 aromatic heterocycles. The molecule has 0 saturated carbocycles. The summed E-state index contributed by atoms with van der Waals surface area (Å²) in [5.41, 5.74) is 1.29. The van der Waals surface area contributed by atoms with Crippen LogP contribution in [0, 0.1) is 5.82 Å². The molecule has 1 aromatic carbocycles. The Morgan fingerprint density at radius 1 is 1.30 bits per heavy atom. The number of hydrogen-bond acceptors (Lipinski definition) is 4. The fraction of sp³-hybridized carbons (Fsp3) is 0.316. The van der Waals surface area contributed by atoms with Crippen LogP contribution in [0.1, 0.15) is 23.3 Å². The molecule has 27 heavy (non-hydrogen) atoms. The number of benzene rings is 1. The summed E-state index contributed by atoms with van der Waals surface area (Å²) in [5.74, 6) is -0.683. The molecule has 1 aliphatic heterocycles. The number of carbonyl (C=O) groups excluding carboxylic acids is 1. The lowest BCUT2D eigenvalue weighted by atomic mass is 10.1. The van der Waals surface area contributed by atoms with Gasteiger partial charge in [-0.25, -0.2) is 9.37 Å². The average Bonchev–Trinajstić information content (AvgIpc) is 3.11. The highest BCUT2D eigenvalue weighted by molar-refractivity contribution is 5.93. The molecule has 0 aliphatic carbocycles. The number of amides is 1. The van der Waals surface area contributed by atoms with Crippen molar-refractivity contribution in [2.45, 2.75) is 18.9 Å². The van der Waals surface area contributed by atoms with Crippen LogP contribution < -0.4 is 10.9 Å². The molecule has 0 radical (unpaired) electrons. The molecular formula is C19H19FN4O3. The van der Waals surface area contributed by atoms with Crippen LogP contribution in [0.3, 0.4) is 0 Å². The van der Waals surface area contributed by atoms with E-state index >= 15 is 0 Å². The maximum absolute atomic E-state index is 13.2. The number of aromatic nitrogens is 3. The van der Waals surface area contributed by atoms with E-state index in [-0.39, 0.29) is 34.7 Å². The Morgan fingerprint density at radius 3 is 2.78 bits per heavy atom. The second-order valence-corrected chi connectivity index (χ2v) is 6.63. The van der Waals surface area contributed by atoms with Crippen molar-refractivity contribution in [3.63, 3.8) is 0 Å². The van der Waals surface area contributed by atoms with E-state index in [0.29, 0.717) is 24.5 Å². The third-order valence-corrected chi connectivity index (χ3v) is 4.72. The lowest BCUT2D eigenvalue weighted by Crippen LogP contribution is -2.40. The highest BCUT2D eigenvalue weighted by atomic mass is 19.1. The number of nitrogens with zero attached hydrogens (tertiary/aromatic N) is 3. The number of nitrogens with one attached hydrogen (secondary N) is 1. The molecule has 8 heteroatoms. The number of carbonyl (C=O) groups is 1. The van der Waals surface area contributed by atoms with Gasteiger partial charge >= 0.3 is 0 Å². The average molecular weight is 370 g/mol. The van der Waals surface area contributed by atoms with E-state index in [9.17, 15) is 14.0 Å².